The summed E-state index contributed by atoms with van der Waals surface area (Å²) in [5.74, 6) is 0. The second-order valence-corrected chi connectivity index (χ2v) is 6.26. The molecule has 0 unspecified atom stereocenters. The Morgan fingerprint density at radius 3 is 2.67 bits per heavy atom. The van der Waals surface area contributed by atoms with E-state index in [1.54, 1.807) is 4.90 Å². The highest BCUT2D eigenvalue weighted by molar-refractivity contribution is 5.69. The normalized spacial score (nSPS) is 15.6. The monoisotopic (exact) mass is 289 g/mol. The third-order valence-corrected chi connectivity index (χ3v) is 3.38. The van der Waals surface area contributed by atoms with E-state index in [2.05, 4.69) is 0 Å². The molecule has 0 spiro atoms. The number of hydrogen-bond acceptors (Lipinski definition) is 4. The van der Waals surface area contributed by atoms with Crippen molar-refractivity contribution in [3.63, 3.8) is 0 Å². The second-order valence-electron chi connectivity index (χ2n) is 6.26. The number of nitrogens with zero attached hydrogens (tertiary/aromatic N) is 1. The van der Waals surface area contributed by atoms with Gasteiger partial charge in [0.05, 0.1) is 5.70 Å². The van der Waals surface area contributed by atoms with Crippen molar-refractivity contribution in [2.75, 3.05) is 6.54 Å². The number of amides is 1. The van der Waals surface area contributed by atoms with Crippen LogP contribution in [0.25, 0.3) is 5.70 Å². The van der Waals surface area contributed by atoms with Crippen LogP contribution in [0.3, 0.4) is 0 Å². The second kappa shape index (κ2) is 5.68. The summed E-state index contributed by atoms with van der Waals surface area (Å²) in [6, 6.07) is 6.00. The number of benzene rings is 1. The zero-order valence-corrected chi connectivity index (χ0v) is 12.8. The molecule has 1 heterocycles. The molecule has 5 nitrogen and oxygen atoms in total. The molecule has 114 valence electrons. The minimum absolute atomic E-state index is 0.277. The van der Waals surface area contributed by atoms with Crippen molar-refractivity contribution in [1.29, 1.82) is 0 Å². The lowest BCUT2D eigenvalue weighted by atomic mass is 9.97. The number of carbonyl (C=O) groups is 1. The first kappa shape index (κ1) is 15.2. The van der Waals surface area contributed by atoms with Gasteiger partial charge in [-0.3, -0.25) is 0 Å². The molecule has 0 aliphatic carbocycles. The lowest BCUT2D eigenvalue weighted by molar-refractivity contribution is 0.0224. The zero-order valence-electron chi connectivity index (χ0n) is 12.8. The Morgan fingerprint density at radius 2 is 2.05 bits per heavy atom. The molecule has 1 aromatic carbocycles. The van der Waals surface area contributed by atoms with Crippen LogP contribution < -0.4 is 11.5 Å². The first-order valence-electron chi connectivity index (χ1n) is 7.07. The highest BCUT2D eigenvalue weighted by atomic mass is 16.6. The summed E-state index contributed by atoms with van der Waals surface area (Å²) in [7, 11) is 0. The van der Waals surface area contributed by atoms with Crippen molar-refractivity contribution < 1.29 is 9.53 Å². The molecule has 1 amide bonds. The smallest absolute Gasteiger partial charge is 0.410 e. The lowest BCUT2D eigenvalue weighted by Gasteiger charge is -2.31. The molecule has 0 aromatic heterocycles. The van der Waals surface area contributed by atoms with E-state index in [0.29, 0.717) is 18.8 Å². The average Bonchev–Trinajstić information content (AvgIpc) is 2.43. The van der Waals surface area contributed by atoms with E-state index < -0.39 is 5.60 Å². The number of nitrogens with two attached hydrogens (primary N) is 2. The molecule has 1 aliphatic heterocycles. The average molecular weight is 289 g/mol. The number of carbonyl (C=O) groups excluding carboxylic acids is 1. The molecule has 21 heavy (non-hydrogen) atoms. The van der Waals surface area contributed by atoms with Gasteiger partial charge >= 0.3 is 6.09 Å². The Kier molecular flexibility index (Phi) is 4.11. The molecule has 0 fully saturated rings. The molecule has 0 saturated carbocycles. The van der Waals surface area contributed by atoms with E-state index in [4.69, 9.17) is 16.2 Å². The molecule has 0 bridgehead atoms. The van der Waals surface area contributed by atoms with Gasteiger partial charge in [0.25, 0.3) is 0 Å². The summed E-state index contributed by atoms with van der Waals surface area (Å²) in [6.07, 6.45) is 1.93. The standard InChI is InChI=1S/C16H23N3O2/c1-16(2,3)21-15(20)19-7-6-11-4-5-12(14(18)9-17)8-13(11)10-19/h4-5,8-9H,6-7,10,17-18H2,1-3H3/b14-9-. The van der Waals surface area contributed by atoms with Gasteiger partial charge < -0.3 is 21.1 Å². The van der Waals surface area contributed by atoms with Crippen molar-refractivity contribution >= 4 is 11.8 Å². The number of rotatable bonds is 1. The first-order chi connectivity index (χ1) is 9.80. The Balaban J connectivity index is 2.17. The third kappa shape index (κ3) is 3.68. The van der Waals surface area contributed by atoms with Crippen molar-refractivity contribution in [3.8, 4) is 0 Å². The van der Waals surface area contributed by atoms with Crippen LogP contribution in [-0.4, -0.2) is 23.1 Å². The Bertz CT molecular complexity index is 573. The van der Waals surface area contributed by atoms with Crippen molar-refractivity contribution in [1.82, 2.24) is 4.90 Å². The molecular formula is C16H23N3O2. The van der Waals surface area contributed by atoms with Crippen LogP contribution in [0, 0.1) is 0 Å². The fraction of sp³-hybridized carbons (Fsp3) is 0.438. The van der Waals surface area contributed by atoms with Gasteiger partial charge in [0.2, 0.25) is 0 Å². The highest BCUT2D eigenvalue weighted by Gasteiger charge is 2.25. The SMILES string of the molecule is CC(C)(C)OC(=O)N1CCc2ccc(/C(N)=C/N)cc2C1. The van der Waals surface area contributed by atoms with Crippen molar-refractivity contribution in [2.45, 2.75) is 39.3 Å². The van der Waals surface area contributed by atoms with Gasteiger partial charge in [0, 0.05) is 19.3 Å². The van der Waals surface area contributed by atoms with Gasteiger partial charge in [-0.25, -0.2) is 4.79 Å². The minimum Gasteiger partial charge on any atom is -0.444 e. The fourth-order valence-corrected chi connectivity index (χ4v) is 2.32. The molecule has 5 heteroatoms. The maximum absolute atomic E-state index is 12.1. The van der Waals surface area contributed by atoms with Crippen LogP contribution >= 0.6 is 0 Å². The predicted molar refractivity (Wildman–Crippen MR) is 83.1 cm³/mol. The van der Waals surface area contributed by atoms with Crippen LogP contribution in [0.4, 0.5) is 4.79 Å². The summed E-state index contributed by atoms with van der Waals surface area (Å²) in [6.45, 7) is 6.81. The first-order valence-corrected chi connectivity index (χ1v) is 7.07. The minimum atomic E-state index is -0.480. The van der Waals surface area contributed by atoms with Gasteiger partial charge in [0.1, 0.15) is 5.60 Å². The molecule has 2 rings (SSSR count). The number of fused-ring (bicyclic) bond motifs is 1. The van der Waals surface area contributed by atoms with E-state index in [1.165, 1.54) is 11.8 Å². The quantitative estimate of drug-likeness (QED) is 0.830. The summed E-state index contributed by atoms with van der Waals surface area (Å²) >= 11 is 0. The number of hydrogen-bond donors (Lipinski definition) is 2. The maximum atomic E-state index is 12.1. The van der Waals surface area contributed by atoms with Gasteiger partial charge in [0.15, 0.2) is 0 Å². The van der Waals surface area contributed by atoms with E-state index in [1.807, 2.05) is 39.0 Å². The van der Waals surface area contributed by atoms with Crippen LogP contribution in [-0.2, 0) is 17.7 Å². The molecule has 0 atom stereocenters. The third-order valence-electron chi connectivity index (χ3n) is 3.38. The van der Waals surface area contributed by atoms with Crippen LogP contribution in [0.5, 0.6) is 0 Å². The predicted octanol–water partition coefficient (Wildman–Crippen LogP) is 2.20. The Hall–Kier alpha value is -2.17. The van der Waals surface area contributed by atoms with Gasteiger partial charge in [-0.1, -0.05) is 12.1 Å². The topological polar surface area (TPSA) is 81.6 Å². The van der Waals surface area contributed by atoms with Gasteiger partial charge in [-0.2, -0.15) is 0 Å². The van der Waals surface area contributed by atoms with Crippen LogP contribution in [0.1, 0.15) is 37.5 Å². The molecule has 1 aromatic rings. The summed E-state index contributed by atoms with van der Waals surface area (Å²) < 4.78 is 5.42. The van der Waals surface area contributed by atoms with Crippen molar-refractivity contribution in [2.24, 2.45) is 11.5 Å². The Morgan fingerprint density at radius 1 is 1.33 bits per heavy atom. The van der Waals surface area contributed by atoms with Gasteiger partial charge in [-0.15, -0.1) is 0 Å². The van der Waals surface area contributed by atoms with Crippen LogP contribution in [0.15, 0.2) is 24.4 Å². The molecule has 1 aliphatic rings. The van der Waals surface area contributed by atoms with Crippen LogP contribution in [0.2, 0.25) is 0 Å². The van der Waals surface area contributed by atoms with Gasteiger partial charge in [-0.05, 0) is 49.9 Å². The molecule has 4 N–H and O–H groups in total. The summed E-state index contributed by atoms with van der Waals surface area (Å²) in [5, 5.41) is 0. The Labute approximate surface area is 125 Å². The highest BCUT2D eigenvalue weighted by Crippen LogP contribution is 2.23. The van der Waals surface area contributed by atoms with E-state index >= 15 is 0 Å². The summed E-state index contributed by atoms with van der Waals surface area (Å²) in [5.41, 5.74) is 14.6. The molecular weight excluding hydrogens is 266 g/mol. The lowest BCUT2D eigenvalue weighted by Crippen LogP contribution is -2.39. The van der Waals surface area contributed by atoms with E-state index in [0.717, 1.165) is 17.5 Å². The summed E-state index contributed by atoms with van der Waals surface area (Å²) in [4.78, 5) is 13.9. The molecule has 0 radical (unpaired) electrons. The van der Waals surface area contributed by atoms with E-state index in [9.17, 15) is 4.79 Å². The largest absolute Gasteiger partial charge is 0.444 e. The fourth-order valence-electron chi connectivity index (χ4n) is 2.32. The number of ether oxygens (including phenoxy) is 1. The van der Waals surface area contributed by atoms with E-state index in [-0.39, 0.29) is 6.09 Å². The zero-order chi connectivity index (χ0) is 15.6. The molecule has 0 saturated heterocycles. The maximum Gasteiger partial charge on any atom is 0.410 e. The van der Waals surface area contributed by atoms with Crippen molar-refractivity contribution in [3.05, 3.63) is 41.1 Å².